The summed E-state index contributed by atoms with van der Waals surface area (Å²) in [5.41, 5.74) is 0. The zero-order valence-corrected chi connectivity index (χ0v) is 11.1. The molecule has 5 heteroatoms. The quantitative estimate of drug-likeness (QED) is 0.553. The first-order valence-corrected chi connectivity index (χ1v) is 6.08. The second-order valence-corrected chi connectivity index (χ2v) is 4.39. The lowest BCUT2D eigenvalue weighted by molar-refractivity contribution is -0.146. The van der Waals surface area contributed by atoms with E-state index < -0.39 is 0 Å². The molecule has 5 nitrogen and oxygen atoms in total. The van der Waals surface area contributed by atoms with E-state index in [4.69, 9.17) is 14.2 Å². The van der Waals surface area contributed by atoms with Gasteiger partial charge < -0.3 is 19.5 Å². The number of carbonyl (C=O) groups is 1. The average Bonchev–Trinajstić information content (AvgIpc) is 2.64. The van der Waals surface area contributed by atoms with Crippen LogP contribution in [0.2, 0.25) is 0 Å². The highest BCUT2D eigenvalue weighted by molar-refractivity contribution is 5.70. The molecule has 1 aliphatic heterocycles. The molecule has 3 atom stereocenters. The number of nitrogens with one attached hydrogen (secondary N) is 1. The Morgan fingerprint density at radius 3 is 2.59 bits per heavy atom. The topological polar surface area (TPSA) is 56.8 Å². The normalized spacial score (nSPS) is 28.6. The summed E-state index contributed by atoms with van der Waals surface area (Å²) in [6.45, 7) is 5.16. The van der Waals surface area contributed by atoms with Crippen LogP contribution < -0.4 is 5.32 Å². The number of ether oxygens (including phenoxy) is 3. The van der Waals surface area contributed by atoms with E-state index in [1.54, 1.807) is 14.2 Å². The molecule has 1 fully saturated rings. The van der Waals surface area contributed by atoms with E-state index in [9.17, 15) is 4.79 Å². The largest absolute Gasteiger partial charge is 0.466 e. The zero-order chi connectivity index (χ0) is 12.8. The van der Waals surface area contributed by atoms with Gasteiger partial charge in [0.15, 0.2) is 6.29 Å². The Labute approximate surface area is 103 Å². The first-order chi connectivity index (χ1) is 8.13. The summed E-state index contributed by atoms with van der Waals surface area (Å²) in [4.78, 5) is 11.4. The van der Waals surface area contributed by atoms with E-state index in [0.29, 0.717) is 18.9 Å². The Morgan fingerprint density at radius 2 is 2.06 bits per heavy atom. The Kier molecular flexibility index (Phi) is 5.88. The summed E-state index contributed by atoms with van der Waals surface area (Å²) in [7, 11) is 3.28. The molecular weight excluding hydrogens is 222 g/mol. The first kappa shape index (κ1) is 14.4. The fourth-order valence-electron chi connectivity index (χ4n) is 2.41. The molecule has 0 aliphatic carbocycles. The van der Waals surface area contributed by atoms with Crippen molar-refractivity contribution in [3.05, 3.63) is 0 Å². The molecule has 0 saturated carbocycles. The number of hydrogen-bond donors (Lipinski definition) is 1. The minimum Gasteiger partial charge on any atom is -0.466 e. The summed E-state index contributed by atoms with van der Waals surface area (Å²) in [6.07, 6.45) is 0.191. The number of carbonyl (C=O) groups excluding carboxylic acids is 1. The van der Waals surface area contributed by atoms with Gasteiger partial charge in [-0.1, -0.05) is 6.92 Å². The van der Waals surface area contributed by atoms with E-state index >= 15 is 0 Å². The van der Waals surface area contributed by atoms with Gasteiger partial charge >= 0.3 is 5.97 Å². The molecule has 0 radical (unpaired) electrons. The molecule has 0 aromatic carbocycles. The number of hydrogen-bond acceptors (Lipinski definition) is 5. The van der Waals surface area contributed by atoms with Crippen molar-refractivity contribution in [2.24, 2.45) is 11.8 Å². The van der Waals surface area contributed by atoms with Crippen LogP contribution in [0.3, 0.4) is 0 Å². The van der Waals surface area contributed by atoms with Crippen molar-refractivity contribution < 1.29 is 19.0 Å². The van der Waals surface area contributed by atoms with Gasteiger partial charge in [-0.05, 0) is 12.8 Å². The summed E-state index contributed by atoms with van der Waals surface area (Å²) in [6, 6.07) is 0.145. The standard InChI is InChI=1S/C12H23NO4/c1-5-17-11(14)6-10-8(2)9(7-13-10)12(15-3)16-4/h8-10,12-13H,5-7H2,1-4H3/t8-,9+,10+/m1/s1. The van der Waals surface area contributed by atoms with Crippen LogP contribution in [0.5, 0.6) is 0 Å². The van der Waals surface area contributed by atoms with E-state index in [1.165, 1.54) is 0 Å². The summed E-state index contributed by atoms with van der Waals surface area (Å²) in [5, 5.41) is 3.33. The van der Waals surface area contributed by atoms with Crippen LogP contribution in [0, 0.1) is 11.8 Å². The van der Waals surface area contributed by atoms with Crippen molar-refractivity contribution in [3.63, 3.8) is 0 Å². The van der Waals surface area contributed by atoms with Gasteiger partial charge in [0.25, 0.3) is 0 Å². The van der Waals surface area contributed by atoms with Crippen LogP contribution in [-0.2, 0) is 19.0 Å². The van der Waals surface area contributed by atoms with Crippen molar-refractivity contribution in [3.8, 4) is 0 Å². The lowest BCUT2D eigenvalue weighted by Gasteiger charge is -2.25. The molecule has 0 bridgehead atoms. The Bertz CT molecular complexity index is 243. The minimum atomic E-state index is -0.218. The monoisotopic (exact) mass is 245 g/mol. The predicted molar refractivity (Wildman–Crippen MR) is 63.5 cm³/mol. The summed E-state index contributed by atoms with van der Waals surface area (Å²) in [5.74, 6) is 0.442. The molecule has 0 spiro atoms. The third-order valence-corrected chi connectivity index (χ3v) is 3.43. The second-order valence-electron chi connectivity index (χ2n) is 4.39. The molecule has 17 heavy (non-hydrogen) atoms. The van der Waals surface area contributed by atoms with Gasteiger partial charge in [0, 0.05) is 32.7 Å². The number of methoxy groups -OCH3 is 2. The van der Waals surface area contributed by atoms with Crippen LogP contribution in [0.25, 0.3) is 0 Å². The van der Waals surface area contributed by atoms with Crippen LogP contribution in [0.1, 0.15) is 20.3 Å². The van der Waals surface area contributed by atoms with E-state index in [1.807, 2.05) is 6.92 Å². The molecule has 0 unspecified atom stereocenters. The maximum absolute atomic E-state index is 11.4. The molecule has 1 saturated heterocycles. The van der Waals surface area contributed by atoms with Gasteiger partial charge in [0.2, 0.25) is 0 Å². The lowest BCUT2D eigenvalue weighted by Crippen LogP contribution is -2.32. The molecule has 100 valence electrons. The SMILES string of the molecule is CCOC(=O)C[C@@H]1NC[C@H](C(OC)OC)[C@H]1C. The van der Waals surface area contributed by atoms with E-state index in [-0.39, 0.29) is 24.2 Å². The molecule has 0 aromatic rings. The molecule has 0 amide bonds. The maximum Gasteiger partial charge on any atom is 0.307 e. The highest BCUT2D eigenvalue weighted by atomic mass is 16.7. The maximum atomic E-state index is 11.4. The second kappa shape index (κ2) is 6.93. The summed E-state index contributed by atoms with van der Waals surface area (Å²) >= 11 is 0. The van der Waals surface area contributed by atoms with Gasteiger partial charge in [-0.2, -0.15) is 0 Å². The molecule has 0 aromatic heterocycles. The number of esters is 1. The van der Waals surface area contributed by atoms with Gasteiger partial charge in [-0.15, -0.1) is 0 Å². The van der Waals surface area contributed by atoms with Crippen LogP contribution in [0.15, 0.2) is 0 Å². The van der Waals surface area contributed by atoms with E-state index in [0.717, 1.165) is 6.54 Å². The van der Waals surface area contributed by atoms with Crippen molar-refractivity contribution in [1.29, 1.82) is 0 Å². The van der Waals surface area contributed by atoms with Gasteiger partial charge in [-0.3, -0.25) is 4.79 Å². The molecule has 1 aliphatic rings. The Balaban J connectivity index is 2.48. The van der Waals surface area contributed by atoms with Gasteiger partial charge in [0.05, 0.1) is 13.0 Å². The number of rotatable bonds is 6. The van der Waals surface area contributed by atoms with Crippen LogP contribution in [0.4, 0.5) is 0 Å². The first-order valence-electron chi connectivity index (χ1n) is 6.08. The average molecular weight is 245 g/mol. The smallest absolute Gasteiger partial charge is 0.307 e. The fourth-order valence-corrected chi connectivity index (χ4v) is 2.41. The fraction of sp³-hybridized carbons (Fsp3) is 0.917. The lowest BCUT2D eigenvalue weighted by atomic mass is 9.90. The van der Waals surface area contributed by atoms with Crippen molar-refractivity contribution >= 4 is 5.97 Å². The molecule has 1 N–H and O–H groups in total. The molecular formula is C12H23NO4. The highest BCUT2D eigenvalue weighted by Gasteiger charge is 2.38. The Hall–Kier alpha value is -0.650. The third-order valence-electron chi connectivity index (χ3n) is 3.43. The van der Waals surface area contributed by atoms with E-state index in [2.05, 4.69) is 12.2 Å². The Morgan fingerprint density at radius 1 is 1.41 bits per heavy atom. The zero-order valence-electron chi connectivity index (χ0n) is 11.1. The minimum absolute atomic E-state index is 0.145. The van der Waals surface area contributed by atoms with Gasteiger partial charge in [0.1, 0.15) is 0 Å². The van der Waals surface area contributed by atoms with Crippen molar-refractivity contribution in [2.45, 2.75) is 32.6 Å². The third kappa shape index (κ3) is 3.66. The van der Waals surface area contributed by atoms with Crippen molar-refractivity contribution in [2.75, 3.05) is 27.4 Å². The summed E-state index contributed by atoms with van der Waals surface area (Å²) < 4.78 is 15.5. The van der Waals surface area contributed by atoms with Crippen LogP contribution >= 0.6 is 0 Å². The molecule has 1 heterocycles. The predicted octanol–water partition coefficient (Wildman–Crippen LogP) is 0.783. The highest BCUT2D eigenvalue weighted by Crippen LogP contribution is 2.28. The van der Waals surface area contributed by atoms with Crippen molar-refractivity contribution in [1.82, 2.24) is 5.32 Å². The van der Waals surface area contributed by atoms with Gasteiger partial charge in [-0.25, -0.2) is 0 Å². The molecule has 1 rings (SSSR count). The van der Waals surface area contributed by atoms with Crippen LogP contribution in [-0.4, -0.2) is 45.7 Å².